The van der Waals surface area contributed by atoms with Crippen molar-refractivity contribution >= 4 is 23.0 Å². The molecule has 0 fully saturated rings. The number of aryl methyl sites for hydroxylation is 1. The van der Waals surface area contributed by atoms with E-state index in [-0.39, 0.29) is 11.6 Å². The summed E-state index contributed by atoms with van der Waals surface area (Å²) in [4.78, 5) is 8.95. The summed E-state index contributed by atoms with van der Waals surface area (Å²) in [6.45, 7) is 2.22. The predicted molar refractivity (Wildman–Crippen MR) is 67.8 cm³/mol. The summed E-state index contributed by atoms with van der Waals surface area (Å²) in [5.74, 6) is -0.0900. The fraction of sp³-hybridized carbons (Fsp3) is 0.273. The molecule has 0 atom stereocenters. The summed E-state index contributed by atoms with van der Waals surface area (Å²) in [6, 6.07) is 1.73. The fourth-order valence-corrected chi connectivity index (χ4v) is 2.18. The van der Waals surface area contributed by atoms with Gasteiger partial charge in [-0.25, -0.2) is 9.97 Å². The van der Waals surface area contributed by atoms with Crippen LogP contribution in [0.5, 0.6) is 0 Å². The van der Waals surface area contributed by atoms with Crippen molar-refractivity contribution in [1.82, 2.24) is 9.97 Å². The molecule has 102 valence electrons. The zero-order valence-corrected chi connectivity index (χ0v) is 10.8. The molecule has 3 N–H and O–H groups in total. The summed E-state index contributed by atoms with van der Waals surface area (Å²) in [5, 5.41) is 3.56. The number of halogens is 3. The lowest BCUT2D eigenvalue weighted by atomic mass is 10.2. The number of hydrogen-bond acceptors (Lipinski definition) is 5. The van der Waals surface area contributed by atoms with Gasteiger partial charge in [0.1, 0.15) is 16.6 Å². The van der Waals surface area contributed by atoms with Crippen LogP contribution in [0.3, 0.4) is 0 Å². The Kier molecular flexibility index (Phi) is 3.61. The number of hydrogen-bond donors (Lipinski definition) is 2. The summed E-state index contributed by atoms with van der Waals surface area (Å²) >= 11 is 1.47. The Morgan fingerprint density at radius 2 is 2.11 bits per heavy atom. The molecule has 0 saturated heterocycles. The quantitative estimate of drug-likeness (QED) is 0.911. The summed E-state index contributed by atoms with van der Waals surface area (Å²) in [6.07, 6.45) is -2.74. The molecule has 0 saturated carbocycles. The molecule has 2 aromatic rings. The molecule has 2 heterocycles. The first-order chi connectivity index (χ1) is 8.84. The minimum absolute atomic E-state index is 0.0835. The maximum absolute atomic E-state index is 12.6. The normalized spacial score (nSPS) is 11.6. The van der Waals surface area contributed by atoms with Gasteiger partial charge >= 0.3 is 6.18 Å². The number of anilines is 2. The number of nitrogens with two attached hydrogens (primary N) is 1. The summed E-state index contributed by atoms with van der Waals surface area (Å²) < 4.78 is 37.8. The molecule has 2 aromatic heterocycles. The third-order valence-corrected chi connectivity index (χ3v) is 3.18. The molecule has 0 unspecified atom stereocenters. The van der Waals surface area contributed by atoms with Gasteiger partial charge in [0.05, 0.1) is 12.1 Å². The summed E-state index contributed by atoms with van der Waals surface area (Å²) in [7, 11) is 0. The Labute approximate surface area is 111 Å². The van der Waals surface area contributed by atoms with E-state index in [9.17, 15) is 13.2 Å². The van der Waals surface area contributed by atoms with Gasteiger partial charge < -0.3 is 11.1 Å². The van der Waals surface area contributed by atoms with Crippen LogP contribution in [0, 0.1) is 6.92 Å². The van der Waals surface area contributed by atoms with Crippen LogP contribution in [0.4, 0.5) is 24.8 Å². The Bertz CT molecular complexity index is 580. The van der Waals surface area contributed by atoms with E-state index in [0.717, 1.165) is 22.0 Å². The van der Waals surface area contributed by atoms with E-state index in [1.54, 1.807) is 6.20 Å². The second-order valence-corrected chi connectivity index (χ2v) is 5.20. The summed E-state index contributed by atoms with van der Waals surface area (Å²) in [5.41, 5.74) is 4.54. The standard InChI is InChI=1S/C11H11F3N4S/c1-6-4-17-10(19-6)5-16-9-3-7(11(12,13)14)2-8(15)18-9/h2-4H,5H2,1H3,(H3,15,16,18). The van der Waals surface area contributed by atoms with Crippen molar-refractivity contribution in [3.05, 3.63) is 33.8 Å². The van der Waals surface area contributed by atoms with Gasteiger partial charge in [-0.3, -0.25) is 0 Å². The molecule has 4 nitrogen and oxygen atoms in total. The Hall–Kier alpha value is -1.83. The van der Waals surface area contributed by atoms with Gasteiger partial charge in [0, 0.05) is 11.1 Å². The maximum atomic E-state index is 12.6. The van der Waals surface area contributed by atoms with Gasteiger partial charge in [0.25, 0.3) is 0 Å². The molecular formula is C11H11F3N4S. The number of nitrogens with zero attached hydrogens (tertiary/aromatic N) is 2. The van der Waals surface area contributed by atoms with E-state index >= 15 is 0 Å². The molecule has 8 heteroatoms. The van der Waals surface area contributed by atoms with Crippen molar-refractivity contribution in [2.24, 2.45) is 0 Å². The van der Waals surface area contributed by atoms with E-state index in [0.29, 0.717) is 6.54 Å². The van der Waals surface area contributed by atoms with Gasteiger partial charge in [-0.1, -0.05) is 0 Å². The second kappa shape index (κ2) is 5.04. The highest BCUT2D eigenvalue weighted by atomic mass is 32.1. The molecule has 0 bridgehead atoms. The van der Waals surface area contributed by atoms with Crippen LogP contribution in [0.1, 0.15) is 15.4 Å². The number of pyridine rings is 1. The lowest BCUT2D eigenvalue weighted by Gasteiger charge is -2.10. The largest absolute Gasteiger partial charge is 0.416 e. The lowest BCUT2D eigenvalue weighted by molar-refractivity contribution is -0.137. The molecule has 0 radical (unpaired) electrons. The van der Waals surface area contributed by atoms with E-state index in [1.165, 1.54) is 11.3 Å². The molecule has 0 spiro atoms. The highest BCUT2D eigenvalue weighted by Gasteiger charge is 2.31. The maximum Gasteiger partial charge on any atom is 0.416 e. The van der Waals surface area contributed by atoms with Crippen molar-refractivity contribution in [3.8, 4) is 0 Å². The van der Waals surface area contributed by atoms with Gasteiger partial charge in [-0.05, 0) is 19.1 Å². The third kappa shape index (κ3) is 3.57. The van der Waals surface area contributed by atoms with Crippen molar-refractivity contribution in [2.75, 3.05) is 11.1 Å². The SMILES string of the molecule is Cc1cnc(CNc2cc(C(F)(F)F)cc(N)n2)s1. The minimum atomic E-state index is -4.44. The molecular weight excluding hydrogens is 277 g/mol. The van der Waals surface area contributed by atoms with Crippen LogP contribution in [-0.2, 0) is 12.7 Å². The van der Waals surface area contributed by atoms with E-state index in [1.807, 2.05) is 6.92 Å². The predicted octanol–water partition coefficient (Wildman–Crippen LogP) is 3.06. The van der Waals surface area contributed by atoms with Gasteiger partial charge in [0.15, 0.2) is 0 Å². The first-order valence-electron chi connectivity index (χ1n) is 5.34. The number of rotatable bonds is 3. The van der Waals surface area contributed by atoms with E-state index in [2.05, 4.69) is 15.3 Å². The first kappa shape index (κ1) is 13.6. The monoisotopic (exact) mass is 288 g/mol. The fourth-order valence-electron chi connectivity index (χ4n) is 1.46. The number of aromatic nitrogens is 2. The number of nitrogen functional groups attached to an aromatic ring is 1. The van der Waals surface area contributed by atoms with Crippen LogP contribution in [0.25, 0.3) is 0 Å². The molecule has 0 aliphatic heterocycles. The van der Waals surface area contributed by atoms with E-state index < -0.39 is 11.7 Å². The van der Waals surface area contributed by atoms with Crippen LogP contribution < -0.4 is 11.1 Å². The molecule has 0 aromatic carbocycles. The number of alkyl halides is 3. The van der Waals surface area contributed by atoms with Crippen molar-refractivity contribution < 1.29 is 13.2 Å². The minimum Gasteiger partial charge on any atom is -0.384 e. The van der Waals surface area contributed by atoms with Crippen molar-refractivity contribution in [1.29, 1.82) is 0 Å². The second-order valence-electron chi connectivity index (χ2n) is 3.88. The zero-order chi connectivity index (χ0) is 14.0. The van der Waals surface area contributed by atoms with E-state index in [4.69, 9.17) is 5.73 Å². The smallest absolute Gasteiger partial charge is 0.384 e. The number of thiazole rings is 1. The molecule has 0 amide bonds. The van der Waals surface area contributed by atoms with Crippen LogP contribution >= 0.6 is 11.3 Å². The van der Waals surface area contributed by atoms with Crippen LogP contribution in [0.15, 0.2) is 18.3 Å². The highest BCUT2D eigenvalue weighted by molar-refractivity contribution is 7.11. The molecule has 0 aliphatic rings. The first-order valence-corrected chi connectivity index (χ1v) is 6.16. The lowest BCUT2D eigenvalue weighted by Crippen LogP contribution is -2.09. The van der Waals surface area contributed by atoms with Gasteiger partial charge in [0.2, 0.25) is 0 Å². The third-order valence-electron chi connectivity index (χ3n) is 2.26. The Morgan fingerprint density at radius 1 is 1.37 bits per heavy atom. The molecule has 19 heavy (non-hydrogen) atoms. The van der Waals surface area contributed by atoms with Crippen LogP contribution in [0.2, 0.25) is 0 Å². The Balaban J connectivity index is 2.14. The average molecular weight is 288 g/mol. The van der Waals surface area contributed by atoms with Gasteiger partial charge in [-0.15, -0.1) is 11.3 Å². The topological polar surface area (TPSA) is 63.8 Å². The van der Waals surface area contributed by atoms with Crippen molar-refractivity contribution in [2.45, 2.75) is 19.6 Å². The zero-order valence-electron chi connectivity index (χ0n) is 9.95. The van der Waals surface area contributed by atoms with Crippen LogP contribution in [-0.4, -0.2) is 9.97 Å². The highest BCUT2D eigenvalue weighted by Crippen LogP contribution is 2.31. The van der Waals surface area contributed by atoms with Crippen molar-refractivity contribution in [3.63, 3.8) is 0 Å². The Morgan fingerprint density at radius 3 is 2.68 bits per heavy atom. The number of nitrogens with one attached hydrogen (secondary N) is 1. The average Bonchev–Trinajstić information content (AvgIpc) is 2.71. The van der Waals surface area contributed by atoms with Gasteiger partial charge in [-0.2, -0.15) is 13.2 Å². The molecule has 2 rings (SSSR count). The molecule has 0 aliphatic carbocycles.